The van der Waals surface area contributed by atoms with E-state index in [4.69, 9.17) is 4.74 Å². The van der Waals surface area contributed by atoms with Crippen LogP contribution < -0.4 is 4.74 Å². The molecule has 0 fully saturated rings. The molecule has 35 heavy (non-hydrogen) atoms. The van der Waals surface area contributed by atoms with Crippen molar-refractivity contribution in [2.24, 2.45) is 0 Å². The van der Waals surface area contributed by atoms with Crippen molar-refractivity contribution in [1.29, 1.82) is 0 Å². The summed E-state index contributed by atoms with van der Waals surface area (Å²) >= 11 is 0. The zero-order valence-corrected chi connectivity index (χ0v) is 22.8. The van der Waals surface area contributed by atoms with Gasteiger partial charge in [-0.1, -0.05) is 90.2 Å². The Morgan fingerprint density at radius 2 is 0.943 bits per heavy atom. The lowest BCUT2D eigenvalue weighted by Gasteiger charge is -2.19. The molecule has 0 aliphatic heterocycles. The highest BCUT2D eigenvalue weighted by Gasteiger charge is 2.16. The van der Waals surface area contributed by atoms with Gasteiger partial charge in [0.15, 0.2) is 0 Å². The first-order valence-electron chi connectivity index (χ1n) is 14.3. The Hall–Kier alpha value is -1.84. The van der Waals surface area contributed by atoms with E-state index >= 15 is 0 Å². The van der Waals surface area contributed by atoms with Gasteiger partial charge in [-0.25, -0.2) is 0 Å². The number of hydrogen-bond donors (Lipinski definition) is 2. The molecule has 2 atom stereocenters. The molecule has 0 saturated carbocycles. The first-order valence-corrected chi connectivity index (χ1v) is 14.3. The normalized spacial score (nSPS) is 13.1. The zero-order chi connectivity index (χ0) is 25.5. The number of rotatable bonds is 18. The lowest BCUT2D eigenvalue weighted by molar-refractivity contribution is 0.191. The zero-order valence-electron chi connectivity index (χ0n) is 22.8. The highest BCUT2D eigenvalue weighted by Crippen LogP contribution is 2.35. The summed E-state index contributed by atoms with van der Waals surface area (Å²) in [7, 11) is 0. The highest BCUT2D eigenvalue weighted by atomic mass is 16.5. The van der Waals surface area contributed by atoms with E-state index in [1.807, 2.05) is 12.1 Å². The van der Waals surface area contributed by atoms with Crippen LogP contribution in [0.4, 0.5) is 0 Å². The van der Waals surface area contributed by atoms with Gasteiger partial charge in [-0.2, -0.15) is 0 Å². The van der Waals surface area contributed by atoms with Crippen LogP contribution in [0.25, 0.3) is 0 Å². The Bertz CT molecular complexity index is 771. The Morgan fingerprint density at radius 1 is 0.571 bits per heavy atom. The summed E-state index contributed by atoms with van der Waals surface area (Å²) in [6, 6.07) is 12.3. The van der Waals surface area contributed by atoms with Gasteiger partial charge >= 0.3 is 0 Å². The van der Waals surface area contributed by atoms with Crippen LogP contribution in [0.2, 0.25) is 0 Å². The number of unbranched alkanes of at least 4 members (excludes halogenated alkanes) is 10. The van der Waals surface area contributed by atoms with Crippen molar-refractivity contribution in [3.63, 3.8) is 0 Å². The van der Waals surface area contributed by atoms with E-state index in [0.29, 0.717) is 11.5 Å². The van der Waals surface area contributed by atoms with Gasteiger partial charge in [-0.3, -0.25) is 0 Å². The fourth-order valence-electron chi connectivity index (χ4n) is 4.68. The van der Waals surface area contributed by atoms with Crippen molar-refractivity contribution in [2.45, 2.75) is 130 Å². The van der Waals surface area contributed by atoms with E-state index in [2.05, 4.69) is 38.1 Å². The molecule has 0 aliphatic rings. The molecular weight excluding hydrogens is 432 g/mol. The van der Waals surface area contributed by atoms with Crippen molar-refractivity contribution >= 4 is 0 Å². The first kappa shape index (κ1) is 29.4. The molecule has 0 amide bonds. The van der Waals surface area contributed by atoms with Crippen LogP contribution >= 0.6 is 0 Å². The second-order valence-corrected chi connectivity index (χ2v) is 10.2. The largest absolute Gasteiger partial charge is 0.457 e. The van der Waals surface area contributed by atoms with E-state index in [-0.39, 0.29) is 0 Å². The van der Waals surface area contributed by atoms with E-state index in [0.717, 1.165) is 24.0 Å². The molecule has 0 aliphatic carbocycles. The van der Waals surface area contributed by atoms with Crippen LogP contribution in [0, 0.1) is 0 Å². The average Bonchev–Trinajstić information content (AvgIpc) is 2.84. The molecule has 196 valence electrons. The Balaban J connectivity index is 2.04. The number of benzene rings is 2. The monoisotopic (exact) mass is 482 g/mol. The lowest BCUT2D eigenvalue weighted by Crippen LogP contribution is -2.02. The number of aryl methyl sites for hydroxylation is 2. The summed E-state index contributed by atoms with van der Waals surface area (Å²) in [5.41, 5.74) is 4.10. The smallest absolute Gasteiger partial charge is 0.133 e. The quantitative estimate of drug-likeness (QED) is 0.208. The molecular formula is C32H50O3. The molecule has 0 heterocycles. The van der Waals surface area contributed by atoms with Crippen molar-refractivity contribution in [1.82, 2.24) is 0 Å². The molecule has 3 heteroatoms. The van der Waals surface area contributed by atoms with E-state index in [1.54, 1.807) is 13.8 Å². The molecule has 2 aromatic rings. The van der Waals surface area contributed by atoms with Gasteiger partial charge in [0, 0.05) is 11.1 Å². The highest BCUT2D eigenvalue weighted by molar-refractivity contribution is 5.45. The van der Waals surface area contributed by atoms with Gasteiger partial charge in [-0.15, -0.1) is 0 Å². The topological polar surface area (TPSA) is 49.7 Å². The molecule has 0 radical (unpaired) electrons. The van der Waals surface area contributed by atoms with Gasteiger partial charge < -0.3 is 14.9 Å². The van der Waals surface area contributed by atoms with Crippen LogP contribution in [0.5, 0.6) is 11.5 Å². The van der Waals surface area contributed by atoms with Crippen molar-refractivity contribution in [3.8, 4) is 11.5 Å². The average molecular weight is 483 g/mol. The lowest BCUT2D eigenvalue weighted by atomic mass is 9.99. The van der Waals surface area contributed by atoms with Crippen molar-refractivity contribution in [2.75, 3.05) is 0 Å². The Morgan fingerprint density at radius 3 is 1.31 bits per heavy atom. The number of aliphatic hydroxyl groups excluding tert-OH is 2. The maximum absolute atomic E-state index is 10.4. The summed E-state index contributed by atoms with van der Waals surface area (Å²) in [5, 5.41) is 20.9. The first-order chi connectivity index (χ1) is 17.0. The number of aliphatic hydroxyl groups is 2. The summed E-state index contributed by atoms with van der Waals surface area (Å²) in [6.45, 7) is 8.07. The molecule has 0 spiro atoms. The molecule has 0 bridgehead atoms. The summed E-state index contributed by atoms with van der Waals surface area (Å²) in [5.74, 6) is 1.33. The van der Waals surface area contributed by atoms with Crippen LogP contribution in [0.15, 0.2) is 36.4 Å². The number of hydrogen-bond acceptors (Lipinski definition) is 3. The van der Waals surface area contributed by atoms with E-state index in [9.17, 15) is 10.2 Å². The third-order valence-electron chi connectivity index (χ3n) is 6.91. The SMILES string of the molecule is CCCCCCCCc1ccc(Oc2ccc(CCCCCCCC)cc2C(C)O)c(C(C)O)c1. The van der Waals surface area contributed by atoms with Gasteiger partial charge in [0.25, 0.3) is 0 Å². The standard InChI is InChI=1S/C32H50O3/c1-5-7-9-11-13-15-17-27-19-21-31(29(23-27)25(3)33)35-32-22-20-28(24-30(32)26(4)34)18-16-14-12-10-8-6-2/h19-26,33-34H,5-18H2,1-4H3. The third kappa shape index (κ3) is 10.8. The fourth-order valence-corrected chi connectivity index (χ4v) is 4.68. The van der Waals surface area contributed by atoms with Crippen LogP contribution in [0.3, 0.4) is 0 Å². The van der Waals surface area contributed by atoms with Crippen molar-refractivity contribution < 1.29 is 14.9 Å². The number of ether oxygens (including phenoxy) is 1. The summed E-state index contributed by atoms with van der Waals surface area (Å²) in [6.07, 6.45) is 16.1. The Kier molecular flexibility index (Phi) is 14.1. The van der Waals surface area contributed by atoms with Crippen LogP contribution in [-0.4, -0.2) is 10.2 Å². The fraction of sp³-hybridized carbons (Fsp3) is 0.625. The second-order valence-electron chi connectivity index (χ2n) is 10.2. The molecule has 0 saturated heterocycles. The molecule has 2 rings (SSSR count). The maximum Gasteiger partial charge on any atom is 0.133 e. The van der Waals surface area contributed by atoms with E-state index < -0.39 is 12.2 Å². The van der Waals surface area contributed by atoms with Gasteiger partial charge in [0.2, 0.25) is 0 Å². The molecule has 0 aromatic heterocycles. The Labute approximate surface area is 214 Å². The minimum absolute atomic E-state index is 0.614. The molecule has 2 N–H and O–H groups in total. The maximum atomic E-state index is 10.4. The molecule has 3 nitrogen and oxygen atoms in total. The predicted octanol–water partition coefficient (Wildman–Crippen LogP) is 9.39. The van der Waals surface area contributed by atoms with Crippen LogP contribution in [0.1, 0.15) is 139 Å². The van der Waals surface area contributed by atoms with E-state index in [1.165, 1.54) is 88.2 Å². The predicted molar refractivity (Wildman–Crippen MR) is 148 cm³/mol. The molecule has 2 aromatic carbocycles. The minimum Gasteiger partial charge on any atom is -0.457 e. The second kappa shape index (κ2) is 16.8. The third-order valence-corrected chi connectivity index (χ3v) is 6.91. The van der Waals surface area contributed by atoms with Gasteiger partial charge in [0.05, 0.1) is 12.2 Å². The molecule has 2 unspecified atom stereocenters. The van der Waals surface area contributed by atoms with Gasteiger partial charge in [0.1, 0.15) is 11.5 Å². The summed E-state index contributed by atoms with van der Waals surface area (Å²) < 4.78 is 6.29. The van der Waals surface area contributed by atoms with Gasteiger partial charge in [-0.05, 0) is 74.9 Å². The minimum atomic E-state index is -0.614. The summed E-state index contributed by atoms with van der Waals surface area (Å²) in [4.78, 5) is 0. The van der Waals surface area contributed by atoms with Crippen molar-refractivity contribution in [3.05, 3.63) is 58.7 Å². The van der Waals surface area contributed by atoms with Crippen LogP contribution in [-0.2, 0) is 12.8 Å².